The number of benzene rings is 3. The third kappa shape index (κ3) is 4.58. The van der Waals surface area contributed by atoms with Crippen LogP contribution in [0.5, 0.6) is 5.75 Å². The second kappa shape index (κ2) is 9.11. The Labute approximate surface area is 189 Å². The van der Waals surface area contributed by atoms with E-state index in [0.29, 0.717) is 15.8 Å². The van der Waals surface area contributed by atoms with E-state index in [1.165, 1.54) is 28.8 Å². The third-order valence-electron chi connectivity index (χ3n) is 4.97. The van der Waals surface area contributed by atoms with Crippen molar-refractivity contribution < 1.29 is 19.4 Å². The molecule has 3 aromatic carbocycles. The highest BCUT2D eigenvalue weighted by Crippen LogP contribution is 2.33. The molecule has 0 bridgehead atoms. The van der Waals surface area contributed by atoms with Gasteiger partial charge < -0.3 is 9.84 Å². The molecule has 3 aromatic rings. The summed E-state index contributed by atoms with van der Waals surface area (Å²) in [7, 11) is 3.32. The zero-order valence-corrected chi connectivity index (χ0v) is 18.3. The Bertz CT molecular complexity index is 1210. The summed E-state index contributed by atoms with van der Waals surface area (Å²) >= 11 is 1.29. The van der Waals surface area contributed by atoms with Gasteiger partial charge in [0.2, 0.25) is 0 Å². The fraction of sp³-hybridized carbons (Fsp3) is 0.0800. The number of hydrogen-bond donors (Lipinski definition) is 1. The topological polar surface area (TPSA) is 79.2 Å². The van der Waals surface area contributed by atoms with Gasteiger partial charge in [0.1, 0.15) is 5.75 Å². The monoisotopic (exact) mass is 444 g/mol. The number of likely N-dealkylation sites (N-methyl/N-ethyl adjacent to an activating group) is 1. The van der Waals surface area contributed by atoms with Crippen molar-refractivity contribution in [1.29, 1.82) is 0 Å². The molecule has 1 heterocycles. The van der Waals surface area contributed by atoms with E-state index in [-0.39, 0.29) is 11.5 Å². The summed E-state index contributed by atoms with van der Waals surface area (Å²) in [6.45, 7) is 0. The van der Waals surface area contributed by atoms with Gasteiger partial charge in [0.05, 0.1) is 23.3 Å². The molecule has 0 atom stereocenters. The molecule has 160 valence electrons. The molecule has 0 unspecified atom stereocenters. The minimum absolute atomic E-state index is 0.130. The summed E-state index contributed by atoms with van der Waals surface area (Å²) < 4.78 is 5.20. The predicted molar refractivity (Wildman–Crippen MR) is 127 cm³/mol. The zero-order valence-electron chi connectivity index (χ0n) is 17.5. The first-order valence-electron chi connectivity index (χ1n) is 9.79. The SMILES string of the molecule is COc1ccc(-c2ccc(C=C3SC(=Nc4ccc(C(=O)O)cc4)N(C)C3=O)cc2)cc1. The van der Waals surface area contributed by atoms with Gasteiger partial charge >= 0.3 is 5.97 Å². The highest BCUT2D eigenvalue weighted by Gasteiger charge is 2.30. The van der Waals surface area contributed by atoms with Crippen molar-refractivity contribution in [2.24, 2.45) is 4.99 Å². The number of aliphatic imine (C=N–C) groups is 1. The molecule has 1 N–H and O–H groups in total. The maximum Gasteiger partial charge on any atom is 0.335 e. The molecule has 0 spiro atoms. The molecule has 1 fully saturated rings. The van der Waals surface area contributed by atoms with Gasteiger partial charge in [0.15, 0.2) is 5.17 Å². The van der Waals surface area contributed by atoms with E-state index in [2.05, 4.69) is 4.99 Å². The first kappa shape index (κ1) is 21.4. The Hall–Kier alpha value is -3.84. The Balaban J connectivity index is 1.52. The van der Waals surface area contributed by atoms with Gasteiger partial charge in [-0.05, 0) is 70.9 Å². The fourth-order valence-electron chi connectivity index (χ4n) is 3.15. The first-order valence-corrected chi connectivity index (χ1v) is 10.6. The van der Waals surface area contributed by atoms with Crippen LogP contribution >= 0.6 is 11.8 Å². The second-order valence-corrected chi connectivity index (χ2v) is 8.08. The standard InChI is InChI=1S/C25H20N2O4S/c1-27-23(28)22(32-25(27)26-20-11-7-19(8-12-20)24(29)30)15-16-3-5-17(6-4-16)18-9-13-21(31-2)14-10-18/h3-15H,1-2H3,(H,29,30). The van der Waals surface area contributed by atoms with E-state index in [1.54, 1.807) is 26.3 Å². The van der Waals surface area contributed by atoms with Crippen LogP contribution in [-0.4, -0.2) is 41.2 Å². The van der Waals surface area contributed by atoms with Crippen molar-refractivity contribution in [2.75, 3.05) is 14.2 Å². The Morgan fingerprint density at radius 1 is 0.969 bits per heavy atom. The van der Waals surface area contributed by atoms with Gasteiger partial charge in [-0.25, -0.2) is 9.79 Å². The van der Waals surface area contributed by atoms with E-state index in [0.717, 1.165) is 22.4 Å². The number of thioether (sulfide) groups is 1. The van der Waals surface area contributed by atoms with Crippen LogP contribution < -0.4 is 4.74 Å². The lowest BCUT2D eigenvalue weighted by molar-refractivity contribution is -0.121. The summed E-state index contributed by atoms with van der Waals surface area (Å²) in [5, 5.41) is 9.55. The van der Waals surface area contributed by atoms with E-state index < -0.39 is 5.97 Å². The number of hydrogen-bond acceptors (Lipinski definition) is 5. The molecule has 0 radical (unpaired) electrons. The molecular weight excluding hydrogens is 424 g/mol. The summed E-state index contributed by atoms with van der Waals surface area (Å²) in [4.78, 5) is 30.2. The summed E-state index contributed by atoms with van der Waals surface area (Å²) in [6, 6.07) is 22.0. The molecule has 1 amide bonds. The number of carboxylic acid groups (broad SMARTS) is 1. The number of rotatable bonds is 5. The van der Waals surface area contributed by atoms with Gasteiger partial charge in [-0.3, -0.25) is 9.69 Å². The smallest absolute Gasteiger partial charge is 0.335 e. The maximum absolute atomic E-state index is 12.7. The van der Waals surface area contributed by atoms with Crippen LogP contribution in [-0.2, 0) is 4.79 Å². The number of carbonyl (C=O) groups excluding carboxylic acids is 1. The lowest BCUT2D eigenvalue weighted by Crippen LogP contribution is -2.23. The molecule has 1 saturated heterocycles. The average molecular weight is 445 g/mol. The minimum Gasteiger partial charge on any atom is -0.497 e. The molecule has 6 nitrogen and oxygen atoms in total. The second-order valence-electron chi connectivity index (χ2n) is 7.07. The van der Waals surface area contributed by atoms with Crippen molar-refractivity contribution in [2.45, 2.75) is 0 Å². The number of carbonyl (C=O) groups is 2. The van der Waals surface area contributed by atoms with Crippen LogP contribution in [0.1, 0.15) is 15.9 Å². The lowest BCUT2D eigenvalue weighted by Gasteiger charge is -2.07. The molecular formula is C25H20N2O4S. The van der Waals surface area contributed by atoms with Crippen molar-refractivity contribution in [3.05, 3.63) is 88.8 Å². The molecule has 1 aliphatic rings. The number of ether oxygens (including phenoxy) is 1. The predicted octanol–water partition coefficient (Wildman–Crippen LogP) is 5.29. The lowest BCUT2D eigenvalue weighted by atomic mass is 10.0. The number of amides is 1. The Kier molecular flexibility index (Phi) is 6.09. The largest absolute Gasteiger partial charge is 0.497 e. The number of amidine groups is 1. The van der Waals surface area contributed by atoms with Crippen molar-refractivity contribution in [3.63, 3.8) is 0 Å². The van der Waals surface area contributed by atoms with Crippen LogP contribution in [0.25, 0.3) is 17.2 Å². The number of aromatic carboxylic acids is 1. The highest BCUT2D eigenvalue weighted by atomic mass is 32.2. The van der Waals surface area contributed by atoms with Crippen molar-refractivity contribution in [1.82, 2.24) is 4.90 Å². The Morgan fingerprint density at radius 2 is 1.56 bits per heavy atom. The quantitative estimate of drug-likeness (QED) is 0.541. The zero-order chi connectivity index (χ0) is 22.7. The van der Waals surface area contributed by atoms with Gasteiger partial charge in [-0.1, -0.05) is 36.4 Å². The van der Waals surface area contributed by atoms with Crippen LogP contribution in [0.3, 0.4) is 0 Å². The van der Waals surface area contributed by atoms with Crippen molar-refractivity contribution in [3.8, 4) is 16.9 Å². The van der Waals surface area contributed by atoms with E-state index in [1.807, 2.05) is 54.6 Å². The summed E-state index contributed by atoms with van der Waals surface area (Å²) in [5.74, 6) is -0.309. The number of methoxy groups -OCH3 is 1. The van der Waals surface area contributed by atoms with Gasteiger partial charge in [-0.15, -0.1) is 0 Å². The van der Waals surface area contributed by atoms with Gasteiger partial charge in [0.25, 0.3) is 5.91 Å². The van der Waals surface area contributed by atoms with Crippen LogP contribution in [0.15, 0.2) is 82.7 Å². The van der Waals surface area contributed by atoms with Crippen LogP contribution in [0, 0.1) is 0 Å². The molecule has 32 heavy (non-hydrogen) atoms. The van der Waals surface area contributed by atoms with Gasteiger partial charge in [-0.2, -0.15) is 0 Å². The molecule has 4 rings (SSSR count). The Morgan fingerprint density at radius 3 is 2.12 bits per heavy atom. The number of carboxylic acids is 1. The minimum atomic E-state index is -0.991. The van der Waals surface area contributed by atoms with E-state index in [4.69, 9.17) is 9.84 Å². The molecule has 0 aromatic heterocycles. The van der Waals surface area contributed by atoms with Crippen molar-refractivity contribution >= 4 is 40.6 Å². The summed E-state index contributed by atoms with van der Waals surface area (Å²) in [6.07, 6.45) is 1.84. The van der Waals surface area contributed by atoms with Crippen LogP contribution in [0.4, 0.5) is 5.69 Å². The first-order chi connectivity index (χ1) is 15.4. The average Bonchev–Trinajstić information content (AvgIpc) is 3.07. The van der Waals surface area contributed by atoms with E-state index in [9.17, 15) is 9.59 Å². The molecule has 7 heteroatoms. The van der Waals surface area contributed by atoms with Crippen LogP contribution in [0.2, 0.25) is 0 Å². The third-order valence-corrected chi connectivity index (χ3v) is 6.03. The normalized spacial score (nSPS) is 16.1. The fourth-order valence-corrected chi connectivity index (χ4v) is 4.13. The molecule has 1 aliphatic heterocycles. The van der Waals surface area contributed by atoms with E-state index >= 15 is 0 Å². The molecule has 0 saturated carbocycles. The highest BCUT2D eigenvalue weighted by molar-refractivity contribution is 8.18. The maximum atomic E-state index is 12.7. The summed E-state index contributed by atoms with van der Waals surface area (Å²) in [5.41, 5.74) is 3.85. The van der Waals surface area contributed by atoms with Gasteiger partial charge in [0, 0.05) is 7.05 Å². The molecule has 0 aliphatic carbocycles. The number of nitrogens with zero attached hydrogens (tertiary/aromatic N) is 2.